The Bertz CT molecular complexity index is 2750. The van der Waals surface area contributed by atoms with Gasteiger partial charge in [0.1, 0.15) is 5.92 Å². The van der Waals surface area contributed by atoms with Crippen molar-refractivity contribution in [3.8, 4) is 45.8 Å². The predicted octanol–water partition coefficient (Wildman–Crippen LogP) is 13.1. The molecular formula is C49H37F3N4. The number of halogens is 3. The zero-order valence-electron chi connectivity index (χ0n) is 30.8. The van der Waals surface area contributed by atoms with Gasteiger partial charge in [0.2, 0.25) is 0 Å². The average molecular weight is 739 g/mol. The summed E-state index contributed by atoms with van der Waals surface area (Å²) >= 11 is 0. The molecule has 0 bridgehead atoms. The molecule has 2 unspecified atom stereocenters. The van der Waals surface area contributed by atoms with Gasteiger partial charge in [-0.1, -0.05) is 140 Å². The second kappa shape index (κ2) is 14.8. The van der Waals surface area contributed by atoms with E-state index in [0.29, 0.717) is 16.8 Å². The molecule has 2 atom stereocenters. The van der Waals surface area contributed by atoms with E-state index in [-0.39, 0.29) is 0 Å². The fourth-order valence-corrected chi connectivity index (χ4v) is 8.34. The van der Waals surface area contributed by atoms with Gasteiger partial charge in [0.25, 0.3) is 0 Å². The summed E-state index contributed by atoms with van der Waals surface area (Å²) in [5.41, 5.74) is 11.1. The minimum Gasteiger partial charge on any atom is -0.354 e. The Balaban J connectivity index is 1.38. The van der Waals surface area contributed by atoms with E-state index in [4.69, 9.17) is 0 Å². The van der Waals surface area contributed by atoms with Crippen LogP contribution in [0.2, 0.25) is 0 Å². The summed E-state index contributed by atoms with van der Waals surface area (Å²) in [4.78, 5) is 7.20. The molecule has 0 spiro atoms. The van der Waals surface area contributed by atoms with Crippen LogP contribution in [0.4, 0.5) is 13.2 Å². The SMILES string of the molecule is Cc1ccc2c(C(CC(F)(F)F)c3cccc(-c4c(C)ccc5c(C(c6ccccc6)C(C#N)C#N)c(-c6ccccc6)[nH]c45)c3)c(-c3ccccc3)[nH]c2c1. The van der Waals surface area contributed by atoms with E-state index in [9.17, 15) is 23.7 Å². The third-order valence-electron chi connectivity index (χ3n) is 10.8. The third-order valence-corrected chi connectivity index (χ3v) is 10.8. The third kappa shape index (κ3) is 6.74. The maximum absolute atomic E-state index is 14.8. The Morgan fingerprint density at radius 3 is 1.79 bits per heavy atom. The molecule has 2 N–H and O–H groups in total. The zero-order valence-corrected chi connectivity index (χ0v) is 30.8. The smallest absolute Gasteiger partial charge is 0.354 e. The lowest BCUT2D eigenvalue weighted by Crippen LogP contribution is -2.15. The number of fused-ring (bicyclic) bond motifs is 2. The highest BCUT2D eigenvalue weighted by molar-refractivity contribution is 6.02. The summed E-state index contributed by atoms with van der Waals surface area (Å²) in [5.74, 6) is -2.60. The minimum absolute atomic E-state index is 0.543. The van der Waals surface area contributed by atoms with Crippen molar-refractivity contribution in [1.82, 2.24) is 9.97 Å². The van der Waals surface area contributed by atoms with Crippen LogP contribution in [0.5, 0.6) is 0 Å². The number of H-pyrrole nitrogens is 2. The van der Waals surface area contributed by atoms with Crippen LogP contribution in [0.1, 0.15) is 51.6 Å². The molecule has 8 rings (SSSR count). The zero-order chi connectivity index (χ0) is 39.0. The Morgan fingerprint density at radius 2 is 1.16 bits per heavy atom. The van der Waals surface area contributed by atoms with Crippen molar-refractivity contribution in [2.24, 2.45) is 5.92 Å². The van der Waals surface area contributed by atoms with Crippen molar-refractivity contribution in [3.05, 3.63) is 179 Å². The van der Waals surface area contributed by atoms with Crippen LogP contribution >= 0.6 is 0 Å². The van der Waals surface area contributed by atoms with E-state index in [1.165, 1.54) is 0 Å². The molecule has 274 valence electrons. The van der Waals surface area contributed by atoms with Crippen molar-refractivity contribution < 1.29 is 13.2 Å². The van der Waals surface area contributed by atoms with Gasteiger partial charge in [-0.25, -0.2) is 0 Å². The van der Waals surface area contributed by atoms with Crippen LogP contribution in [-0.4, -0.2) is 16.1 Å². The molecule has 7 heteroatoms. The molecule has 0 aliphatic rings. The lowest BCUT2D eigenvalue weighted by molar-refractivity contribution is -0.136. The number of aromatic nitrogens is 2. The molecule has 0 radical (unpaired) electrons. The predicted molar refractivity (Wildman–Crippen MR) is 218 cm³/mol. The van der Waals surface area contributed by atoms with Crippen LogP contribution in [0.25, 0.3) is 55.4 Å². The number of nitriles is 2. The summed E-state index contributed by atoms with van der Waals surface area (Å²) in [5, 5.41) is 22.2. The molecule has 0 aliphatic heterocycles. The molecular weight excluding hydrogens is 702 g/mol. The quantitative estimate of drug-likeness (QED) is 0.155. The Kier molecular flexibility index (Phi) is 9.54. The van der Waals surface area contributed by atoms with Crippen molar-refractivity contribution in [1.29, 1.82) is 10.5 Å². The lowest BCUT2D eigenvalue weighted by Gasteiger charge is -2.22. The van der Waals surface area contributed by atoms with E-state index in [1.54, 1.807) is 6.07 Å². The first-order chi connectivity index (χ1) is 27.1. The number of hydrogen-bond acceptors (Lipinski definition) is 2. The number of alkyl halides is 3. The number of benzene rings is 6. The number of aryl methyl sites for hydroxylation is 2. The number of nitrogens with zero attached hydrogens (tertiary/aromatic N) is 2. The largest absolute Gasteiger partial charge is 0.390 e. The summed E-state index contributed by atoms with van der Waals surface area (Å²) < 4.78 is 44.3. The topological polar surface area (TPSA) is 79.2 Å². The van der Waals surface area contributed by atoms with E-state index < -0.39 is 30.4 Å². The molecule has 0 aliphatic carbocycles. The fraction of sp³-hybridized carbons (Fsp3) is 0.143. The molecule has 8 aromatic rings. The second-order valence-electron chi connectivity index (χ2n) is 14.4. The van der Waals surface area contributed by atoms with Gasteiger partial charge in [-0.3, -0.25) is 0 Å². The van der Waals surface area contributed by atoms with Gasteiger partial charge in [0.05, 0.1) is 35.5 Å². The highest BCUT2D eigenvalue weighted by atomic mass is 19.4. The molecule has 2 heterocycles. The summed E-state index contributed by atoms with van der Waals surface area (Å²) in [7, 11) is 0. The molecule has 0 saturated heterocycles. The summed E-state index contributed by atoms with van der Waals surface area (Å²) in [6, 6.07) is 50.8. The Hall–Kier alpha value is -6.83. The molecule has 6 aromatic carbocycles. The summed E-state index contributed by atoms with van der Waals surface area (Å²) in [6.07, 6.45) is -5.50. The minimum atomic E-state index is -4.46. The van der Waals surface area contributed by atoms with E-state index in [0.717, 1.165) is 72.0 Å². The second-order valence-corrected chi connectivity index (χ2v) is 14.4. The molecule has 0 saturated carbocycles. The van der Waals surface area contributed by atoms with Gasteiger partial charge in [-0.05, 0) is 70.0 Å². The number of nitrogens with one attached hydrogen (secondary N) is 2. The first kappa shape index (κ1) is 36.2. The monoisotopic (exact) mass is 738 g/mol. The van der Waals surface area contributed by atoms with Crippen molar-refractivity contribution in [3.63, 3.8) is 0 Å². The van der Waals surface area contributed by atoms with E-state index in [2.05, 4.69) is 22.1 Å². The Morgan fingerprint density at radius 1 is 0.589 bits per heavy atom. The van der Waals surface area contributed by atoms with Crippen molar-refractivity contribution in [2.45, 2.75) is 38.3 Å². The average Bonchev–Trinajstić information content (AvgIpc) is 3.78. The maximum atomic E-state index is 14.8. The maximum Gasteiger partial charge on any atom is 0.390 e. The molecule has 2 aromatic heterocycles. The van der Waals surface area contributed by atoms with Gasteiger partial charge in [-0.2, -0.15) is 23.7 Å². The van der Waals surface area contributed by atoms with Crippen LogP contribution in [0, 0.1) is 42.4 Å². The van der Waals surface area contributed by atoms with Gasteiger partial charge in [-0.15, -0.1) is 0 Å². The highest BCUT2D eigenvalue weighted by Crippen LogP contribution is 2.48. The van der Waals surface area contributed by atoms with Crippen LogP contribution in [-0.2, 0) is 0 Å². The Labute approximate surface area is 323 Å². The molecule has 0 fully saturated rings. The number of rotatable bonds is 9. The van der Waals surface area contributed by atoms with Crippen LogP contribution < -0.4 is 0 Å². The van der Waals surface area contributed by atoms with E-state index >= 15 is 0 Å². The van der Waals surface area contributed by atoms with Crippen molar-refractivity contribution in [2.75, 3.05) is 0 Å². The normalized spacial score (nSPS) is 12.8. The standard InChI is InChI=1S/C49H37F3N4/c1-30-21-23-38-41(25-30)55-46(33-15-8-4-9-16-33)44(38)40(27-49(50,51)52)35-19-12-20-36(26-35)42-31(2)22-24-39-45(47(56-48(39)42)34-17-10-5-11-18-34)43(37(28-53)29-54)32-13-6-3-7-14-32/h3-26,37,40,43,55-56H,27H2,1-2H3. The first-order valence-electron chi connectivity index (χ1n) is 18.5. The van der Waals surface area contributed by atoms with Crippen LogP contribution in [0.3, 0.4) is 0 Å². The fourth-order valence-electron chi connectivity index (χ4n) is 8.34. The lowest BCUT2D eigenvalue weighted by atomic mass is 9.79. The molecule has 4 nitrogen and oxygen atoms in total. The first-order valence-corrected chi connectivity index (χ1v) is 18.5. The van der Waals surface area contributed by atoms with Gasteiger partial charge in [0.15, 0.2) is 0 Å². The number of hydrogen-bond donors (Lipinski definition) is 2. The van der Waals surface area contributed by atoms with E-state index in [1.807, 2.05) is 153 Å². The van der Waals surface area contributed by atoms with Gasteiger partial charge in [0, 0.05) is 33.7 Å². The number of aromatic amines is 2. The summed E-state index contributed by atoms with van der Waals surface area (Å²) in [6.45, 7) is 3.97. The van der Waals surface area contributed by atoms with Crippen molar-refractivity contribution >= 4 is 21.8 Å². The molecule has 0 amide bonds. The molecule has 56 heavy (non-hydrogen) atoms. The van der Waals surface area contributed by atoms with Gasteiger partial charge < -0.3 is 9.97 Å². The van der Waals surface area contributed by atoms with Gasteiger partial charge >= 0.3 is 6.18 Å². The highest BCUT2D eigenvalue weighted by Gasteiger charge is 2.37. The van der Waals surface area contributed by atoms with Crippen LogP contribution in [0.15, 0.2) is 146 Å².